The van der Waals surface area contributed by atoms with E-state index in [4.69, 9.17) is 0 Å². The fourth-order valence-corrected chi connectivity index (χ4v) is 1.47. The number of carbonyl (C=O) groups excluding carboxylic acids is 1. The van der Waals surface area contributed by atoms with Gasteiger partial charge in [-0.05, 0) is 12.1 Å². The van der Waals surface area contributed by atoms with Gasteiger partial charge in [0.1, 0.15) is 12.4 Å². The highest BCUT2D eigenvalue weighted by molar-refractivity contribution is 7.80. The highest BCUT2D eigenvalue weighted by Gasteiger charge is 2.08. The second-order valence-electron chi connectivity index (χ2n) is 3.41. The van der Waals surface area contributed by atoms with Gasteiger partial charge in [0, 0.05) is 30.9 Å². The summed E-state index contributed by atoms with van der Waals surface area (Å²) in [5.74, 6) is 0.429. The Bertz CT molecular complexity index is 479. The Hall–Kier alpha value is -1.76. The van der Waals surface area contributed by atoms with Crippen LogP contribution < -0.4 is 5.32 Å². The summed E-state index contributed by atoms with van der Waals surface area (Å²) < 4.78 is 3.38. The van der Waals surface area contributed by atoms with Gasteiger partial charge in [-0.25, -0.2) is 0 Å². The fourth-order valence-electron chi connectivity index (χ4n) is 1.35. The van der Waals surface area contributed by atoms with E-state index < -0.39 is 0 Å². The Kier molecular flexibility index (Phi) is 3.81. The molecule has 0 aliphatic heterocycles. The van der Waals surface area contributed by atoms with E-state index in [9.17, 15) is 4.79 Å². The number of hydrogen-bond acceptors (Lipinski definition) is 4. The molecule has 0 spiro atoms. The monoisotopic (exact) mass is 251 g/mol. The number of rotatable bonds is 5. The second-order valence-corrected chi connectivity index (χ2v) is 3.85. The third kappa shape index (κ3) is 3.10. The van der Waals surface area contributed by atoms with Gasteiger partial charge in [0.05, 0.1) is 0 Å². The van der Waals surface area contributed by atoms with Crippen LogP contribution in [-0.2, 0) is 6.67 Å². The van der Waals surface area contributed by atoms with Crippen molar-refractivity contribution in [3.05, 3.63) is 36.4 Å². The summed E-state index contributed by atoms with van der Waals surface area (Å²) in [4.78, 5) is 11.6. The molecule has 0 fully saturated rings. The van der Waals surface area contributed by atoms with E-state index in [2.05, 4.69) is 28.1 Å². The predicted molar refractivity (Wildman–Crippen MR) is 66.0 cm³/mol. The van der Waals surface area contributed by atoms with Crippen molar-refractivity contribution < 1.29 is 4.79 Å². The third-order valence-electron chi connectivity index (χ3n) is 2.12. The molecule has 0 aliphatic carbocycles. The average molecular weight is 251 g/mol. The number of thiol groups is 1. The maximum Gasteiger partial charge on any atom is 0.271 e. The van der Waals surface area contributed by atoms with Crippen LogP contribution in [0.15, 0.2) is 30.7 Å². The van der Waals surface area contributed by atoms with Gasteiger partial charge in [0.2, 0.25) is 0 Å². The lowest BCUT2D eigenvalue weighted by molar-refractivity contribution is 0.0950. The molecule has 1 amide bonds. The van der Waals surface area contributed by atoms with Gasteiger partial charge in [-0.3, -0.25) is 14.2 Å². The molecule has 2 aromatic rings. The summed E-state index contributed by atoms with van der Waals surface area (Å²) >= 11 is 4.02. The molecule has 2 rings (SSSR count). The van der Waals surface area contributed by atoms with E-state index in [1.165, 1.54) is 0 Å². The van der Waals surface area contributed by atoms with Crippen LogP contribution in [0.25, 0.3) is 0 Å². The average Bonchev–Trinajstić information content (AvgIpc) is 2.98. The molecule has 6 nitrogen and oxygen atoms in total. The van der Waals surface area contributed by atoms with Crippen molar-refractivity contribution in [2.45, 2.75) is 6.67 Å². The van der Waals surface area contributed by atoms with Gasteiger partial charge >= 0.3 is 0 Å². The van der Waals surface area contributed by atoms with Gasteiger partial charge in [-0.2, -0.15) is 22.8 Å². The molecular weight excluding hydrogens is 238 g/mol. The van der Waals surface area contributed by atoms with Crippen LogP contribution in [0.2, 0.25) is 0 Å². The number of amides is 1. The van der Waals surface area contributed by atoms with Crippen LogP contribution in [0.3, 0.4) is 0 Å². The Morgan fingerprint density at radius 2 is 2.29 bits per heavy atom. The number of aromatic nitrogens is 4. The number of nitrogens with zero attached hydrogens (tertiary/aromatic N) is 4. The van der Waals surface area contributed by atoms with Crippen molar-refractivity contribution in [1.82, 2.24) is 24.9 Å². The summed E-state index contributed by atoms with van der Waals surface area (Å²) in [6, 6.07) is 3.52. The maximum absolute atomic E-state index is 11.6. The SMILES string of the molecule is O=C(NCCS)c1ccn(Cn2cccn2)n1. The molecule has 2 aromatic heterocycles. The molecule has 0 bridgehead atoms. The van der Waals surface area contributed by atoms with Crippen molar-refractivity contribution in [2.24, 2.45) is 0 Å². The predicted octanol–water partition coefficient (Wildman–Crippen LogP) is 0.245. The molecule has 0 unspecified atom stereocenters. The Morgan fingerprint density at radius 1 is 1.41 bits per heavy atom. The minimum Gasteiger partial charge on any atom is -0.350 e. The summed E-state index contributed by atoms with van der Waals surface area (Å²) in [6.07, 6.45) is 5.28. The minimum atomic E-state index is -0.182. The lowest BCUT2D eigenvalue weighted by Gasteiger charge is -2.01. The van der Waals surface area contributed by atoms with Gasteiger partial charge in [-0.15, -0.1) is 0 Å². The summed E-state index contributed by atoms with van der Waals surface area (Å²) in [6.45, 7) is 1.03. The lowest BCUT2D eigenvalue weighted by Crippen LogP contribution is -2.26. The second kappa shape index (κ2) is 5.53. The van der Waals surface area contributed by atoms with Crippen molar-refractivity contribution >= 4 is 18.5 Å². The zero-order chi connectivity index (χ0) is 12.1. The number of carbonyl (C=O) groups is 1. The first-order valence-corrected chi connectivity index (χ1v) is 5.83. The van der Waals surface area contributed by atoms with Crippen LogP contribution in [0.5, 0.6) is 0 Å². The number of hydrogen-bond donors (Lipinski definition) is 2. The van der Waals surface area contributed by atoms with Crippen LogP contribution in [0.1, 0.15) is 10.5 Å². The van der Waals surface area contributed by atoms with E-state index >= 15 is 0 Å². The van der Waals surface area contributed by atoms with E-state index in [-0.39, 0.29) is 5.91 Å². The van der Waals surface area contributed by atoms with Gasteiger partial charge in [0.15, 0.2) is 0 Å². The Morgan fingerprint density at radius 3 is 3.00 bits per heavy atom. The van der Waals surface area contributed by atoms with E-state index in [1.54, 1.807) is 27.8 Å². The quantitative estimate of drug-likeness (QED) is 0.748. The van der Waals surface area contributed by atoms with Crippen molar-refractivity contribution in [3.8, 4) is 0 Å². The van der Waals surface area contributed by atoms with Crippen LogP contribution >= 0.6 is 12.6 Å². The summed E-state index contributed by atoms with van der Waals surface area (Å²) in [5, 5.41) is 10.9. The maximum atomic E-state index is 11.6. The van der Waals surface area contributed by atoms with Gasteiger partial charge in [0.25, 0.3) is 5.91 Å². The molecule has 2 heterocycles. The first-order valence-electron chi connectivity index (χ1n) is 5.19. The summed E-state index contributed by atoms with van der Waals surface area (Å²) in [5.41, 5.74) is 0.402. The third-order valence-corrected chi connectivity index (χ3v) is 2.34. The van der Waals surface area contributed by atoms with E-state index in [0.29, 0.717) is 24.7 Å². The van der Waals surface area contributed by atoms with Crippen molar-refractivity contribution in [1.29, 1.82) is 0 Å². The zero-order valence-corrected chi connectivity index (χ0v) is 10.0. The van der Waals surface area contributed by atoms with Gasteiger partial charge in [-0.1, -0.05) is 0 Å². The Labute approximate surface area is 104 Å². The van der Waals surface area contributed by atoms with Crippen molar-refractivity contribution in [3.63, 3.8) is 0 Å². The fraction of sp³-hybridized carbons (Fsp3) is 0.300. The van der Waals surface area contributed by atoms with Gasteiger partial charge < -0.3 is 5.32 Å². The zero-order valence-electron chi connectivity index (χ0n) is 9.15. The minimum absolute atomic E-state index is 0.182. The molecule has 0 saturated heterocycles. The van der Waals surface area contributed by atoms with E-state index in [0.717, 1.165) is 0 Å². The molecule has 7 heteroatoms. The molecule has 1 N–H and O–H groups in total. The van der Waals surface area contributed by atoms with Crippen LogP contribution in [0.4, 0.5) is 0 Å². The number of nitrogens with one attached hydrogen (secondary N) is 1. The molecule has 0 radical (unpaired) electrons. The molecule has 0 aliphatic rings. The first-order chi connectivity index (χ1) is 8.29. The molecule has 90 valence electrons. The first kappa shape index (κ1) is 11.7. The highest BCUT2D eigenvalue weighted by Crippen LogP contribution is 1.96. The molecule has 0 saturated carbocycles. The molecule has 17 heavy (non-hydrogen) atoms. The van der Waals surface area contributed by atoms with E-state index in [1.807, 2.05) is 12.3 Å². The van der Waals surface area contributed by atoms with Crippen LogP contribution in [0, 0.1) is 0 Å². The largest absolute Gasteiger partial charge is 0.350 e. The lowest BCUT2D eigenvalue weighted by atomic mass is 10.4. The topological polar surface area (TPSA) is 64.7 Å². The molecule has 0 atom stereocenters. The summed E-state index contributed by atoms with van der Waals surface area (Å²) in [7, 11) is 0. The van der Waals surface area contributed by atoms with Crippen LogP contribution in [-0.4, -0.2) is 37.8 Å². The highest BCUT2D eigenvalue weighted by atomic mass is 32.1. The standard InChI is InChI=1S/C10H13N5OS/c16-10(11-4-7-17)9-2-6-15(13-9)8-14-5-1-3-12-14/h1-3,5-6,17H,4,7-8H2,(H,11,16). The Balaban J connectivity index is 1.98. The molecule has 0 aromatic carbocycles. The smallest absolute Gasteiger partial charge is 0.271 e. The normalized spacial score (nSPS) is 10.4. The van der Waals surface area contributed by atoms with Crippen molar-refractivity contribution in [2.75, 3.05) is 12.3 Å². The molecular formula is C10H13N5OS.